The zero-order chi connectivity index (χ0) is 21.4. The number of carbonyl (C=O) groups is 1. The molecule has 3 aromatic rings. The number of benzene rings is 2. The summed E-state index contributed by atoms with van der Waals surface area (Å²) in [5.74, 6) is 0.992. The minimum Gasteiger partial charge on any atom is -0.454 e. The van der Waals surface area contributed by atoms with Crippen molar-refractivity contribution in [1.29, 1.82) is 5.26 Å². The van der Waals surface area contributed by atoms with Crippen LogP contribution in [0.1, 0.15) is 46.9 Å². The van der Waals surface area contributed by atoms with E-state index >= 15 is 0 Å². The fraction of sp³-hybridized carbons (Fsp3) is 0.240. The van der Waals surface area contributed by atoms with E-state index in [-0.39, 0.29) is 6.79 Å². The number of carbonyl (C=O) groups excluding carboxylic acids is 1. The molecule has 0 fully saturated rings. The van der Waals surface area contributed by atoms with Crippen LogP contribution >= 0.6 is 0 Å². The molecule has 1 aliphatic carbocycles. The zero-order valence-electron chi connectivity index (χ0n) is 17.1. The summed E-state index contributed by atoms with van der Waals surface area (Å²) in [6.45, 7) is 1.80. The molecule has 31 heavy (non-hydrogen) atoms. The van der Waals surface area contributed by atoms with Crippen molar-refractivity contribution in [2.45, 2.75) is 32.3 Å². The fourth-order valence-corrected chi connectivity index (χ4v) is 4.16. The molecule has 0 N–H and O–H groups in total. The lowest BCUT2D eigenvalue weighted by Gasteiger charge is -2.22. The molecule has 2 aliphatic rings. The number of aromatic nitrogens is 1. The first-order chi connectivity index (χ1) is 15.1. The summed E-state index contributed by atoms with van der Waals surface area (Å²) in [4.78, 5) is 18.0. The molecule has 2 heterocycles. The van der Waals surface area contributed by atoms with E-state index < -0.39 is 12.1 Å². The summed E-state index contributed by atoms with van der Waals surface area (Å²) in [6.07, 6.45) is 3.77. The van der Waals surface area contributed by atoms with Gasteiger partial charge in [-0.25, -0.2) is 9.78 Å². The number of ether oxygens (including phenoxy) is 3. The molecule has 1 atom stereocenters. The van der Waals surface area contributed by atoms with E-state index in [2.05, 4.69) is 6.08 Å². The van der Waals surface area contributed by atoms with Gasteiger partial charge in [-0.1, -0.05) is 24.3 Å². The summed E-state index contributed by atoms with van der Waals surface area (Å²) in [5.41, 5.74) is 5.00. The lowest BCUT2D eigenvalue weighted by Crippen LogP contribution is -2.18. The first-order valence-electron chi connectivity index (χ1n) is 10.3. The Morgan fingerprint density at radius 1 is 1.19 bits per heavy atom. The second-order valence-electron chi connectivity index (χ2n) is 7.64. The van der Waals surface area contributed by atoms with Crippen molar-refractivity contribution in [3.05, 3.63) is 64.8 Å². The van der Waals surface area contributed by atoms with Crippen molar-refractivity contribution in [3.63, 3.8) is 0 Å². The number of rotatable bonds is 3. The van der Waals surface area contributed by atoms with E-state index in [9.17, 15) is 4.79 Å². The summed E-state index contributed by atoms with van der Waals surface area (Å²) in [5, 5.41) is 9.84. The molecule has 154 valence electrons. The van der Waals surface area contributed by atoms with Crippen molar-refractivity contribution in [2.75, 3.05) is 6.79 Å². The van der Waals surface area contributed by atoms with Crippen LogP contribution in [0.3, 0.4) is 0 Å². The first-order valence-corrected chi connectivity index (χ1v) is 10.3. The van der Waals surface area contributed by atoms with Crippen molar-refractivity contribution in [3.8, 4) is 17.6 Å². The predicted molar refractivity (Wildman–Crippen MR) is 116 cm³/mol. The number of allylic oxidation sites excluding steroid dienone is 1. The van der Waals surface area contributed by atoms with Gasteiger partial charge < -0.3 is 14.2 Å². The molecule has 5 rings (SSSR count). The quantitative estimate of drug-likeness (QED) is 0.569. The van der Waals surface area contributed by atoms with Gasteiger partial charge in [-0.05, 0) is 67.2 Å². The molecular weight excluding hydrogens is 392 g/mol. The second-order valence-corrected chi connectivity index (χ2v) is 7.64. The van der Waals surface area contributed by atoms with Gasteiger partial charge in [0, 0.05) is 5.39 Å². The third-order valence-electron chi connectivity index (χ3n) is 5.58. The molecule has 0 saturated carbocycles. The average molecular weight is 412 g/mol. The Bertz CT molecular complexity index is 1270. The maximum Gasteiger partial charge on any atom is 0.340 e. The van der Waals surface area contributed by atoms with Crippen LogP contribution in [0, 0.1) is 11.3 Å². The molecule has 0 spiro atoms. The number of nitrogens with zero attached hydrogens (tertiary/aromatic N) is 2. The summed E-state index contributed by atoms with van der Waals surface area (Å²) < 4.78 is 16.3. The topological polar surface area (TPSA) is 81.4 Å². The molecule has 0 amide bonds. The van der Waals surface area contributed by atoms with Crippen molar-refractivity contribution in [1.82, 2.24) is 4.98 Å². The maximum atomic E-state index is 13.0. The number of fused-ring (bicyclic) bond motifs is 3. The number of nitriles is 1. The van der Waals surface area contributed by atoms with Crippen molar-refractivity contribution < 1.29 is 19.0 Å². The molecule has 0 bridgehead atoms. The summed E-state index contributed by atoms with van der Waals surface area (Å²) >= 11 is 0. The molecule has 0 saturated heterocycles. The van der Waals surface area contributed by atoms with Crippen LogP contribution in [0.4, 0.5) is 0 Å². The Balaban J connectivity index is 1.65. The third kappa shape index (κ3) is 3.49. The van der Waals surface area contributed by atoms with Crippen LogP contribution in [-0.2, 0) is 11.2 Å². The highest BCUT2D eigenvalue weighted by Crippen LogP contribution is 2.38. The number of pyridine rings is 1. The van der Waals surface area contributed by atoms with E-state index in [1.807, 2.05) is 48.5 Å². The van der Waals surface area contributed by atoms with Crippen LogP contribution in [0.2, 0.25) is 0 Å². The van der Waals surface area contributed by atoms with Crippen molar-refractivity contribution in [2.24, 2.45) is 0 Å². The van der Waals surface area contributed by atoms with Gasteiger partial charge in [-0.3, -0.25) is 0 Å². The first kappa shape index (κ1) is 19.1. The molecule has 2 aromatic carbocycles. The normalized spacial score (nSPS) is 16.6. The maximum absolute atomic E-state index is 13.0. The largest absolute Gasteiger partial charge is 0.454 e. The molecule has 0 radical (unpaired) electrons. The minimum atomic E-state index is -0.817. The van der Waals surface area contributed by atoms with Gasteiger partial charge >= 0.3 is 5.97 Å². The van der Waals surface area contributed by atoms with Crippen LogP contribution < -0.4 is 9.47 Å². The zero-order valence-corrected chi connectivity index (χ0v) is 17.1. The number of esters is 1. The fourth-order valence-electron chi connectivity index (χ4n) is 4.16. The Hall–Kier alpha value is -3.85. The van der Waals surface area contributed by atoms with Crippen LogP contribution in [0.25, 0.3) is 22.6 Å². The Labute approximate surface area is 179 Å². The highest BCUT2D eigenvalue weighted by Gasteiger charge is 2.27. The van der Waals surface area contributed by atoms with Crippen LogP contribution in [0.15, 0.2) is 42.5 Å². The molecule has 0 unspecified atom stereocenters. The Kier molecular flexibility index (Phi) is 4.79. The molecule has 6 heteroatoms. The highest BCUT2D eigenvalue weighted by atomic mass is 16.7. The molecule has 6 nitrogen and oxygen atoms in total. The van der Waals surface area contributed by atoms with Gasteiger partial charge in [0.2, 0.25) is 6.79 Å². The Morgan fingerprint density at radius 3 is 2.90 bits per heavy atom. The molecule has 1 aliphatic heterocycles. The molecular formula is C25H20N2O4. The predicted octanol–water partition coefficient (Wildman–Crippen LogP) is 4.91. The van der Waals surface area contributed by atoms with E-state index in [4.69, 9.17) is 24.5 Å². The summed E-state index contributed by atoms with van der Waals surface area (Å²) in [7, 11) is 0. The van der Waals surface area contributed by atoms with E-state index in [1.54, 1.807) is 6.92 Å². The molecule has 1 aromatic heterocycles. The Morgan fingerprint density at radius 2 is 2.03 bits per heavy atom. The van der Waals surface area contributed by atoms with Gasteiger partial charge in [0.1, 0.15) is 6.07 Å². The smallest absolute Gasteiger partial charge is 0.340 e. The number of hydrogen-bond donors (Lipinski definition) is 0. The average Bonchev–Trinajstić information content (AvgIpc) is 3.25. The van der Waals surface area contributed by atoms with Gasteiger partial charge in [0.05, 0.1) is 16.8 Å². The highest BCUT2D eigenvalue weighted by molar-refractivity contribution is 6.06. The van der Waals surface area contributed by atoms with Gasteiger partial charge in [0.15, 0.2) is 17.6 Å². The number of hydrogen-bond acceptors (Lipinski definition) is 6. The van der Waals surface area contributed by atoms with Crippen molar-refractivity contribution >= 4 is 28.5 Å². The third-order valence-corrected chi connectivity index (χ3v) is 5.58. The SMILES string of the molecule is C[C@H](C#N)OC(=O)c1c2c(nc3ccccc13)/C(=C\c1ccc3c(c1)OCO3)CCC2. The van der Waals surface area contributed by atoms with Crippen LogP contribution in [0.5, 0.6) is 11.5 Å². The van der Waals surface area contributed by atoms with Gasteiger partial charge in [-0.15, -0.1) is 0 Å². The van der Waals surface area contributed by atoms with E-state index in [0.717, 1.165) is 64.1 Å². The van der Waals surface area contributed by atoms with E-state index in [1.165, 1.54) is 0 Å². The van der Waals surface area contributed by atoms with E-state index in [0.29, 0.717) is 5.56 Å². The lowest BCUT2D eigenvalue weighted by molar-refractivity contribution is 0.0436. The minimum absolute atomic E-state index is 0.234. The van der Waals surface area contributed by atoms with Gasteiger partial charge in [-0.2, -0.15) is 5.26 Å². The van der Waals surface area contributed by atoms with Gasteiger partial charge in [0.25, 0.3) is 0 Å². The van der Waals surface area contributed by atoms with Crippen LogP contribution in [-0.4, -0.2) is 23.9 Å². The lowest BCUT2D eigenvalue weighted by atomic mass is 9.86. The summed E-state index contributed by atoms with van der Waals surface area (Å²) in [6, 6.07) is 15.4. The second kappa shape index (κ2) is 7.77. The standard InChI is InChI=1S/C25H20N2O4/c1-15(13-26)31-25(28)23-18-6-2-3-8-20(18)27-24-17(5-4-7-19(23)24)11-16-9-10-21-22(12-16)30-14-29-21/h2-3,6,8-12,15H,4-5,7,14H2,1H3/b17-11-/t15-/m1/s1. The monoisotopic (exact) mass is 412 g/mol. The number of para-hydroxylation sites is 1.